The van der Waals surface area contributed by atoms with E-state index in [1.54, 1.807) is 7.05 Å². The summed E-state index contributed by atoms with van der Waals surface area (Å²) in [5, 5.41) is 6.69. The second-order valence-corrected chi connectivity index (χ2v) is 7.37. The molecule has 2 N–H and O–H groups in total. The Kier molecular flexibility index (Phi) is 12.8. The number of halogens is 1. The minimum absolute atomic E-state index is 0. The Labute approximate surface area is 156 Å². The molecule has 1 saturated heterocycles. The normalized spacial score (nSPS) is 17.0. The van der Waals surface area contributed by atoms with Gasteiger partial charge in [-0.3, -0.25) is 4.99 Å². The Balaban J connectivity index is 0.00000441. The predicted octanol–water partition coefficient (Wildman–Crippen LogP) is 2.50. The van der Waals surface area contributed by atoms with Crippen LogP contribution in [-0.2, 0) is 9.47 Å². The lowest BCUT2D eigenvalue weighted by Crippen LogP contribution is -2.43. The zero-order chi connectivity index (χ0) is 15.6. The second kappa shape index (κ2) is 12.7. The van der Waals surface area contributed by atoms with Crippen LogP contribution in [0.5, 0.6) is 0 Å². The van der Waals surface area contributed by atoms with Gasteiger partial charge >= 0.3 is 0 Å². The Morgan fingerprint density at radius 3 is 2.59 bits per heavy atom. The van der Waals surface area contributed by atoms with Gasteiger partial charge in [-0.2, -0.15) is 11.8 Å². The third-order valence-corrected chi connectivity index (χ3v) is 4.84. The minimum Gasteiger partial charge on any atom is -0.381 e. The summed E-state index contributed by atoms with van der Waals surface area (Å²) in [5.74, 6) is 0.864. The minimum atomic E-state index is 0. The molecule has 7 heteroatoms. The van der Waals surface area contributed by atoms with E-state index >= 15 is 0 Å². The van der Waals surface area contributed by atoms with Gasteiger partial charge in [-0.1, -0.05) is 0 Å². The highest BCUT2D eigenvalue weighted by molar-refractivity contribution is 14.0. The third-order valence-electron chi connectivity index (χ3n) is 3.59. The number of thioether (sulfide) groups is 1. The fourth-order valence-corrected chi connectivity index (χ4v) is 2.18. The first kappa shape index (κ1) is 22.3. The largest absolute Gasteiger partial charge is 0.381 e. The van der Waals surface area contributed by atoms with Crippen LogP contribution in [0.4, 0.5) is 0 Å². The van der Waals surface area contributed by atoms with E-state index in [4.69, 9.17) is 9.47 Å². The van der Waals surface area contributed by atoms with Crippen molar-refractivity contribution in [3.63, 3.8) is 0 Å². The second-order valence-electron chi connectivity index (χ2n) is 5.85. The first-order chi connectivity index (χ1) is 10.1. The van der Waals surface area contributed by atoms with E-state index in [9.17, 15) is 0 Å². The van der Waals surface area contributed by atoms with Crippen molar-refractivity contribution in [1.29, 1.82) is 0 Å². The van der Waals surface area contributed by atoms with E-state index < -0.39 is 0 Å². The average molecular weight is 445 g/mol. The summed E-state index contributed by atoms with van der Waals surface area (Å²) < 4.78 is 11.4. The maximum Gasteiger partial charge on any atom is 0.191 e. The molecule has 1 aliphatic heterocycles. The van der Waals surface area contributed by atoms with Gasteiger partial charge in [-0.05, 0) is 39.4 Å². The molecule has 0 saturated carbocycles. The van der Waals surface area contributed by atoms with Crippen LogP contribution in [0, 0.1) is 0 Å². The molecule has 0 unspecified atom stereocenters. The van der Waals surface area contributed by atoms with Crippen molar-refractivity contribution in [2.45, 2.75) is 44.0 Å². The molecule has 0 spiro atoms. The van der Waals surface area contributed by atoms with Crippen LogP contribution in [0.25, 0.3) is 0 Å². The smallest absolute Gasteiger partial charge is 0.191 e. The molecule has 0 radical (unpaired) electrons. The molecule has 1 fully saturated rings. The zero-order valence-corrected chi connectivity index (χ0v) is 17.5. The number of rotatable bonds is 8. The maximum absolute atomic E-state index is 5.85. The Hall–Kier alpha value is 0.270. The van der Waals surface area contributed by atoms with Crippen molar-refractivity contribution in [3.8, 4) is 0 Å². The molecule has 1 heterocycles. The van der Waals surface area contributed by atoms with Crippen LogP contribution in [0.1, 0.15) is 33.1 Å². The quantitative estimate of drug-likeness (QED) is 0.260. The van der Waals surface area contributed by atoms with E-state index in [0.717, 1.165) is 58.1 Å². The van der Waals surface area contributed by atoms with Crippen LogP contribution in [0.2, 0.25) is 0 Å². The summed E-state index contributed by atoms with van der Waals surface area (Å²) in [6.07, 6.45) is 5.56. The zero-order valence-electron chi connectivity index (χ0n) is 14.3. The van der Waals surface area contributed by atoms with Gasteiger partial charge in [0.05, 0.1) is 6.10 Å². The van der Waals surface area contributed by atoms with E-state index in [-0.39, 0.29) is 28.7 Å². The summed E-state index contributed by atoms with van der Waals surface area (Å²) in [7, 11) is 1.81. The SMILES string of the molecule is CN=C(NCCCOC1CCOCC1)NCC(C)(C)SC.I. The number of nitrogens with one attached hydrogen (secondary N) is 2. The van der Waals surface area contributed by atoms with Gasteiger partial charge < -0.3 is 20.1 Å². The molecule has 0 aromatic carbocycles. The first-order valence-electron chi connectivity index (χ1n) is 7.76. The predicted molar refractivity (Wildman–Crippen MR) is 107 cm³/mol. The van der Waals surface area contributed by atoms with E-state index in [1.807, 2.05) is 11.8 Å². The monoisotopic (exact) mass is 445 g/mol. The molecule has 132 valence electrons. The fraction of sp³-hybridized carbons (Fsp3) is 0.933. The van der Waals surface area contributed by atoms with Crippen molar-refractivity contribution in [2.24, 2.45) is 4.99 Å². The van der Waals surface area contributed by atoms with Crippen LogP contribution >= 0.6 is 35.7 Å². The van der Waals surface area contributed by atoms with Gasteiger partial charge in [0.1, 0.15) is 0 Å². The molecular weight excluding hydrogens is 413 g/mol. The number of aliphatic imine (C=N–C) groups is 1. The summed E-state index contributed by atoms with van der Waals surface area (Å²) >= 11 is 1.85. The van der Waals surface area contributed by atoms with Gasteiger partial charge in [-0.15, -0.1) is 24.0 Å². The van der Waals surface area contributed by atoms with E-state index in [1.165, 1.54) is 0 Å². The number of hydrogen-bond donors (Lipinski definition) is 2. The van der Waals surface area contributed by atoms with Gasteiger partial charge in [-0.25, -0.2) is 0 Å². The van der Waals surface area contributed by atoms with Crippen molar-refractivity contribution in [2.75, 3.05) is 46.2 Å². The third kappa shape index (κ3) is 10.1. The van der Waals surface area contributed by atoms with Crippen molar-refractivity contribution in [1.82, 2.24) is 10.6 Å². The van der Waals surface area contributed by atoms with Crippen molar-refractivity contribution >= 4 is 41.7 Å². The van der Waals surface area contributed by atoms with Gasteiger partial charge in [0.15, 0.2) is 5.96 Å². The van der Waals surface area contributed by atoms with Crippen LogP contribution in [0.3, 0.4) is 0 Å². The van der Waals surface area contributed by atoms with E-state index in [0.29, 0.717) is 6.10 Å². The Bertz CT molecular complexity index is 311. The topological polar surface area (TPSA) is 54.9 Å². The molecule has 0 amide bonds. The molecule has 0 aromatic heterocycles. The maximum atomic E-state index is 5.85. The summed E-state index contributed by atoms with van der Waals surface area (Å²) in [5.41, 5.74) is 0. The number of guanidine groups is 1. The lowest BCUT2D eigenvalue weighted by molar-refractivity contribution is -0.0320. The molecule has 5 nitrogen and oxygen atoms in total. The molecule has 0 aromatic rings. The lowest BCUT2D eigenvalue weighted by atomic mass is 10.1. The molecular formula is C15H32IN3O2S. The first-order valence-corrected chi connectivity index (χ1v) is 8.99. The lowest BCUT2D eigenvalue weighted by Gasteiger charge is -2.24. The highest BCUT2D eigenvalue weighted by Crippen LogP contribution is 2.19. The molecule has 1 rings (SSSR count). The molecule has 0 atom stereocenters. The standard InChI is InChI=1S/C15H31N3O2S.HI/c1-15(2,21-4)12-18-14(16-3)17-8-5-9-20-13-6-10-19-11-7-13;/h13H,5-12H2,1-4H3,(H2,16,17,18);1H. The molecule has 0 bridgehead atoms. The van der Waals surface area contributed by atoms with Gasteiger partial charge in [0.25, 0.3) is 0 Å². The van der Waals surface area contributed by atoms with Crippen LogP contribution in [0.15, 0.2) is 4.99 Å². The van der Waals surface area contributed by atoms with Crippen LogP contribution < -0.4 is 10.6 Å². The van der Waals surface area contributed by atoms with Crippen molar-refractivity contribution in [3.05, 3.63) is 0 Å². The Morgan fingerprint density at radius 1 is 1.32 bits per heavy atom. The van der Waals surface area contributed by atoms with Gasteiger partial charge in [0, 0.05) is 44.7 Å². The van der Waals surface area contributed by atoms with E-state index in [2.05, 4.69) is 35.7 Å². The summed E-state index contributed by atoms with van der Waals surface area (Å²) in [4.78, 5) is 4.24. The number of nitrogens with zero attached hydrogens (tertiary/aromatic N) is 1. The molecule has 22 heavy (non-hydrogen) atoms. The van der Waals surface area contributed by atoms with Crippen LogP contribution in [-0.4, -0.2) is 63.0 Å². The van der Waals surface area contributed by atoms with Gasteiger partial charge in [0.2, 0.25) is 0 Å². The van der Waals surface area contributed by atoms with Crippen molar-refractivity contribution < 1.29 is 9.47 Å². The highest BCUT2D eigenvalue weighted by atomic mass is 127. The Morgan fingerprint density at radius 2 is 2.00 bits per heavy atom. The number of ether oxygens (including phenoxy) is 2. The summed E-state index contributed by atoms with van der Waals surface area (Å²) in [6.45, 7) is 8.69. The summed E-state index contributed by atoms with van der Waals surface area (Å²) in [6, 6.07) is 0. The highest BCUT2D eigenvalue weighted by Gasteiger charge is 2.16. The fourth-order valence-electron chi connectivity index (χ4n) is 1.96. The average Bonchev–Trinajstić information content (AvgIpc) is 2.51. The molecule has 0 aliphatic carbocycles. The number of hydrogen-bond acceptors (Lipinski definition) is 4. The molecule has 1 aliphatic rings.